The molecule has 284 valence electrons. The maximum absolute atomic E-state index is 13.5. The summed E-state index contributed by atoms with van der Waals surface area (Å²) in [4.78, 5) is 58.5. The third kappa shape index (κ3) is 7.96. The maximum atomic E-state index is 13.5. The lowest BCUT2D eigenvalue weighted by Crippen LogP contribution is -2.43. The Bertz CT molecular complexity index is 2210. The second-order valence-electron chi connectivity index (χ2n) is 14.3. The minimum absolute atomic E-state index is 0.0346. The number of H-pyrrole nitrogens is 1. The van der Waals surface area contributed by atoms with E-state index in [1.807, 2.05) is 89.5 Å². The molecule has 3 aliphatic heterocycles. The number of aliphatic hydroxyl groups excluding tert-OH is 1. The minimum atomic E-state index is -1.06. The minimum Gasteiger partial charge on any atom is -0.445 e. The van der Waals surface area contributed by atoms with E-state index in [0.29, 0.717) is 24.2 Å². The zero-order chi connectivity index (χ0) is 37.9. The highest BCUT2D eigenvalue weighted by Crippen LogP contribution is 2.40. The monoisotopic (exact) mass is 745 g/mol. The van der Waals surface area contributed by atoms with Gasteiger partial charge in [-0.15, -0.1) is 0 Å². The summed E-state index contributed by atoms with van der Waals surface area (Å²) < 4.78 is 20.4. The van der Waals surface area contributed by atoms with Crippen LogP contribution in [0.3, 0.4) is 0 Å². The van der Waals surface area contributed by atoms with Gasteiger partial charge in [0.05, 0.1) is 42.0 Å². The van der Waals surface area contributed by atoms with Crippen molar-refractivity contribution in [2.75, 3.05) is 24.5 Å². The molecule has 13 nitrogen and oxygen atoms in total. The van der Waals surface area contributed by atoms with Crippen molar-refractivity contribution in [3.05, 3.63) is 136 Å². The number of likely N-dealkylation sites (tertiary alicyclic amines) is 1. The normalized spacial score (nSPS) is 22.3. The van der Waals surface area contributed by atoms with Crippen molar-refractivity contribution >= 4 is 34.6 Å². The molecule has 4 heterocycles. The Morgan fingerprint density at radius 2 is 1.62 bits per heavy atom. The van der Waals surface area contributed by atoms with E-state index < -0.39 is 30.2 Å². The summed E-state index contributed by atoms with van der Waals surface area (Å²) in [7, 11) is 0. The van der Waals surface area contributed by atoms with Gasteiger partial charge in [0.1, 0.15) is 12.6 Å². The molecule has 4 unspecified atom stereocenters. The molecule has 3 saturated heterocycles. The second kappa shape index (κ2) is 16.0. The predicted octanol–water partition coefficient (Wildman–Crippen LogP) is 5.26. The standard InChI is InChI=1S/C42H43N5O8/c48-25-27-13-15-29(16-14-27)37-22-33(24-45-19-17-31(18-20-45)46-36-12-5-4-11-34(36)43-41(46)51)54-40(55-37)30-9-6-10-32(21-30)47-38(49)23-35(39(47)50)44-42(52)53-26-28-7-2-1-3-8-28/h1-16,21,31,33,35,37,40,48H,17-20,22-26H2,(H,43,51)(H,44,52). The van der Waals surface area contributed by atoms with Gasteiger partial charge in [-0.25, -0.2) is 14.5 Å². The van der Waals surface area contributed by atoms with E-state index in [1.165, 1.54) is 0 Å². The lowest BCUT2D eigenvalue weighted by atomic mass is 9.98. The van der Waals surface area contributed by atoms with Crippen LogP contribution in [0.5, 0.6) is 0 Å². The van der Waals surface area contributed by atoms with Gasteiger partial charge in [0.15, 0.2) is 6.29 Å². The molecular weight excluding hydrogens is 702 g/mol. The molecule has 5 aromatic rings. The molecular formula is C42H43N5O8. The Labute approximate surface area is 317 Å². The number of nitrogens with zero attached hydrogens (tertiary/aromatic N) is 3. The summed E-state index contributed by atoms with van der Waals surface area (Å²) in [6.07, 6.45) is -0.0987. The quantitative estimate of drug-likeness (QED) is 0.162. The number of imidazole rings is 1. The molecule has 0 bridgehead atoms. The van der Waals surface area contributed by atoms with Crippen LogP contribution in [0.15, 0.2) is 108 Å². The molecule has 3 amide bonds. The fraction of sp³-hybridized carbons (Fsp3) is 0.333. The van der Waals surface area contributed by atoms with Crippen LogP contribution in [-0.2, 0) is 37.0 Å². The van der Waals surface area contributed by atoms with E-state index in [0.717, 1.165) is 58.6 Å². The number of fused-ring (bicyclic) bond motifs is 1. The molecule has 3 fully saturated rings. The van der Waals surface area contributed by atoms with Gasteiger partial charge >= 0.3 is 11.8 Å². The first-order chi connectivity index (χ1) is 26.8. The van der Waals surface area contributed by atoms with Crippen LogP contribution in [-0.4, -0.2) is 69.2 Å². The number of amides is 3. The molecule has 4 aromatic carbocycles. The molecule has 0 saturated carbocycles. The van der Waals surface area contributed by atoms with Crippen molar-refractivity contribution in [2.24, 2.45) is 0 Å². The molecule has 0 spiro atoms. The lowest BCUT2D eigenvalue weighted by molar-refractivity contribution is -0.253. The molecule has 8 rings (SSSR count). The van der Waals surface area contributed by atoms with Crippen molar-refractivity contribution in [1.29, 1.82) is 0 Å². The lowest BCUT2D eigenvalue weighted by Gasteiger charge is -2.40. The number of hydrogen-bond donors (Lipinski definition) is 3. The number of aromatic nitrogens is 2. The summed E-state index contributed by atoms with van der Waals surface area (Å²) >= 11 is 0. The van der Waals surface area contributed by atoms with Gasteiger partial charge in [0.2, 0.25) is 5.91 Å². The van der Waals surface area contributed by atoms with Crippen LogP contribution >= 0.6 is 0 Å². The molecule has 0 radical (unpaired) electrons. The Kier molecular flexibility index (Phi) is 10.6. The second-order valence-corrected chi connectivity index (χ2v) is 14.3. The van der Waals surface area contributed by atoms with Crippen molar-refractivity contribution in [1.82, 2.24) is 19.8 Å². The summed E-state index contributed by atoms with van der Waals surface area (Å²) in [5, 5.41) is 12.2. The van der Waals surface area contributed by atoms with Gasteiger partial charge in [-0.05, 0) is 53.8 Å². The Hall–Kier alpha value is -5.60. The Morgan fingerprint density at radius 3 is 2.40 bits per heavy atom. The molecule has 4 atom stereocenters. The number of imide groups is 1. The SMILES string of the molecule is O=C(NC1CC(=O)N(c2cccc(C3OC(CN4CCC(n5c(=O)[nH]c6ccccc65)CC4)CC(c4ccc(CO)cc4)O3)c2)C1=O)OCc1ccccc1. The van der Waals surface area contributed by atoms with Gasteiger partial charge in [0.25, 0.3) is 5.91 Å². The molecule has 3 N–H and O–H groups in total. The number of carbonyl (C=O) groups excluding carboxylic acids is 3. The summed E-state index contributed by atoms with van der Waals surface area (Å²) in [6, 6.07) is 30.6. The topological polar surface area (TPSA) is 155 Å². The largest absolute Gasteiger partial charge is 0.445 e. The van der Waals surface area contributed by atoms with Crippen molar-refractivity contribution < 1.29 is 33.7 Å². The van der Waals surface area contributed by atoms with E-state index in [-0.39, 0.29) is 43.6 Å². The number of alkyl carbamates (subject to hydrolysis) is 1. The van der Waals surface area contributed by atoms with Gasteiger partial charge in [-0.2, -0.15) is 0 Å². The number of anilines is 1. The zero-order valence-electron chi connectivity index (χ0n) is 30.2. The van der Waals surface area contributed by atoms with Gasteiger partial charge in [-0.1, -0.05) is 78.9 Å². The first kappa shape index (κ1) is 36.4. The predicted molar refractivity (Wildman–Crippen MR) is 203 cm³/mol. The van der Waals surface area contributed by atoms with Crippen LogP contribution in [0.25, 0.3) is 11.0 Å². The molecule has 0 aliphatic carbocycles. The van der Waals surface area contributed by atoms with E-state index in [1.54, 1.807) is 18.2 Å². The number of para-hydroxylation sites is 2. The highest BCUT2D eigenvalue weighted by Gasteiger charge is 2.41. The first-order valence-corrected chi connectivity index (χ1v) is 18.7. The average molecular weight is 746 g/mol. The number of rotatable bonds is 10. The van der Waals surface area contributed by atoms with Crippen LogP contribution in [0.1, 0.15) is 66.4 Å². The number of hydrogen-bond acceptors (Lipinski definition) is 9. The summed E-state index contributed by atoms with van der Waals surface area (Å²) in [5.74, 6) is -0.999. The van der Waals surface area contributed by atoms with Gasteiger partial charge in [0, 0.05) is 37.7 Å². The number of piperidine rings is 1. The number of aromatic amines is 1. The van der Waals surface area contributed by atoms with Crippen molar-refractivity contribution in [3.8, 4) is 0 Å². The number of aliphatic hydroxyl groups is 1. The number of carbonyl (C=O) groups is 3. The summed E-state index contributed by atoms with van der Waals surface area (Å²) in [5.41, 5.74) is 5.20. The van der Waals surface area contributed by atoms with E-state index >= 15 is 0 Å². The Morgan fingerprint density at radius 1 is 0.855 bits per heavy atom. The third-order valence-electron chi connectivity index (χ3n) is 10.7. The average Bonchev–Trinajstić information content (AvgIpc) is 3.70. The van der Waals surface area contributed by atoms with E-state index in [9.17, 15) is 24.3 Å². The highest BCUT2D eigenvalue weighted by molar-refractivity contribution is 6.22. The van der Waals surface area contributed by atoms with E-state index in [2.05, 4.69) is 15.2 Å². The van der Waals surface area contributed by atoms with Crippen LogP contribution < -0.4 is 15.9 Å². The smallest absolute Gasteiger partial charge is 0.408 e. The number of ether oxygens (including phenoxy) is 3. The maximum Gasteiger partial charge on any atom is 0.408 e. The fourth-order valence-electron chi connectivity index (χ4n) is 7.85. The van der Waals surface area contributed by atoms with Gasteiger partial charge in [-0.3, -0.25) is 14.2 Å². The van der Waals surface area contributed by atoms with Crippen molar-refractivity contribution in [2.45, 2.75) is 69.5 Å². The zero-order valence-corrected chi connectivity index (χ0v) is 30.2. The molecule has 13 heteroatoms. The van der Waals surface area contributed by atoms with Crippen LogP contribution in [0.2, 0.25) is 0 Å². The number of benzene rings is 4. The molecule has 3 aliphatic rings. The first-order valence-electron chi connectivity index (χ1n) is 18.7. The molecule has 55 heavy (non-hydrogen) atoms. The number of nitrogens with one attached hydrogen (secondary N) is 2. The van der Waals surface area contributed by atoms with Gasteiger partial charge < -0.3 is 34.5 Å². The van der Waals surface area contributed by atoms with Crippen LogP contribution in [0.4, 0.5) is 10.5 Å². The Balaban J connectivity index is 0.957. The molecule has 1 aromatic heterocycles. The summed E-state index contributed by atoms with van der Waals surface area (Å²) in [6.45, 7) is 2.21. The third-order valence-corrected chi connectivity index (χ3v) is 10.7. The van der Waals surface area contributed by atoms with Crippen molar-refractivity contribution in [3.63, 3.8) is 0 Å². The van der Waals surface area contributed by atoms with Crippen LogP contribution in [0, 0.1) is 0 Å². The van der Waals surface area contributed by atoms with E-state index in [4.69, 9.17) is 14.2 Å². The fourth-order valence-corrected chi connectivity index (χ4v) is 7.85. The highest BCUT2D eigenvalue weighted by atomic mass is 16.7.